The first-order valence-corrected chi connectivity index (χ1v) is 6.15. The van der Waals surface area contributed by atoms with Crippen molar-refractivity contribution in [2.75, 3.05) is 14.2 Å². The molecule has 0 bridgehead atoms. The molecule has 5 heteroatoms. The number of esters is 2. The zero-order valence-electron chi connectivity index (χ0n) is 11.2. The van der Waals surface area contributed by atoms with E-state index >= 15 is 0 Å². The van der Waals surface area contributed by atoms with E-state index in [0.29, 0.717) is 6.42 Å². The highest BCUT2D eigenvalue weighted by atomic mass is 16.5. The third kappa shape index (κ3) is 2.89. The summed E-state index contributed by atoms with van der Waals surface area (Å²) in [4.78, 5) is 35.3. The van der Waals surface area contributed by atoms with Gasteiger partial charge in [0.05, 0.1) is 14.2 Å². The maximum atomic E-state index is 11.8. The number of hydrogen-bond donors (Lipinski definition) is 0. The van der Waals surface area contributed by atoms with Gasteiger partial charge >= 0.3 is 11.9 Å². The zero-order chi connectivity index (χ0) is 13.8. The summed E-state index contributed by atoms with van der Waals surface area (Å²) in [6.07, 6.45) is 3.27. The third-order valence-electron chi connectivity index (χ3n) is 3.61. The minimum absolute atomic E-state index is 0.125. The Kier molecular flexibility index (Phi) is 4.87. The van der Waals surface area contributed by atoms with Gasteiger partial charge in [0.1, 0.15) is 5.78 Å². The average Bonchev–Trinajstić information content (AvgIpc) is 2.39. The van der Waals surface area contributed by atoms with Crippen LogP contribution in [0.5, 0.6) is 0 Å². The van der Waals surface area contributed by atoms with E-state index in [-0.39, 0.29) is 18.1 Å². The van der Waals surface area contributed by atoms with Gasteiger partial charge in [0.25, 0.3) is 0 Å². The first-order valence-electron chi connectivity index (χ1n) is 6.15. The summed E-state index contributed by atoms with van der Waals surface area (Å²) >= 11 is 0. The highest BCUT2D eigenvalue weighted by molar-refractivity contribution is 6.00. The number of ketones is 1. The molecule has 0 radical (unpaired) electrons. The summed E-state index contributed by atoms with van der Waals surface area (Å²) in [5.74, 6) is -1.41. The minimum atomic E-state index is -1.39. The molecular formula is C13H20O5. The standard InChI is InChI=1S/C13H20O5/c1-13(11(15)17-2,12(16)18-3)8-9-6-4-5-7-10(9)14/h9H,4-8H2,1-3H3. The van der Waals surface area contributed by atoms with Gasteiger partial charge in [-0.15, -0.1) is 0 Å². The number of carbonyl (C=O) groups is 3. The molecule has 18 heavy (non-hydrogen) atoms. The lowest BCUT2D eigenvalue weighted by atomic mass is 9.75. The van der Waals surface area contributed by atoms with Crippen LogP contribution >= 0.6 is 0 Å². The topological polar surface area (TPSA) is 69.7 Å². The summed E-state index contributed by atoms with van der Waals surface area (Å²) in [6, 6.07) is 0. The van der Waals surface area contributed by atoms with E-state index in [1.807, 2.05) is 0 Å². The molecule has 0 N–H and O–H groups in total. The van der Waals surface area contributed by atoms with Gasteiger partial charge in [-0.25, -0.2) is 0 Å². The molecule has 0 aromatic carbocycles. The lowest BCUT2D eigenvalue weighted by molar-refractivity contribution is -0.169. The van der Waals surface area contributed by atoms with Crippen LogP contribution in [-0.4, -0.2) is 31.9 Å². The fraction of sp³-hybridized carbons (Fsp3) is 0.769. The number of carbonyl (C=O) groups excluding carboxylic acids is 3. The Bertz CT molecular complexity index is 331. The Morgan fingerprint density at radius 3 is 2.22 bits per heavy atom. The van der Waals surface area contributed by atoms with Gasteiger partial charge < -0.3 is 9.47 Å². The van der Waals surface area contributed by atoms with Crippen LogP contribution in [0.3, 0.4) is 0 Å². The molecule has 1 fully saturated rings. The van der Waals surface area contributed by atoms with Crippen LogP contribution in [0.4, 0.5) is 0 Å². The lowest BCUT2D eigenvalue weighted by Gasteiger charge is -2.29. The van der Waals surface area contributed by atoms with Crippen LogP contribution in [0.2, 0.25) is 0 Å². The number of hydrogen-bond acceptors (Lipinski definition) is 5. The van der Waals surface area contributed by atoms with Gasteiger partial charge in [0.15, 0.2) is 5.41 Å². The predicted molar refractivity (Wildman–Crippen MR) is 63.7 cm³/mol. The molecule has 1 aliphatic rings. The van der Waals surface area contributed by atoms with Crippen LogP contribution in [0.1, 0.15) is 39.0 Å². The second-order valence-electron chi connectivity index (χ2n) is 4.93. The van der Waals surface area contributed by atoms with Crippen LogP contribution in [0.25, 0.3) is 0 Å². The second-order valence-corrected chi connectivity index (χ2v) is 4.93. The number of ether oxygens (including phenoxy) is 2. The monoisotopic (exact) mass is 256 g/mol. The molecule has 1 atom stereocenters. The molecule has 0 aromatic rings. The molecule has 1 rings (SSSR count). The first kappa shape index (κ1) is 14.7. The number of Topliss-reactive ketones (excluding diaryl/α,β-unsaturated/α-hetero) is 1. The molecule has 102 valence electrons. The van der Waals surface area contributed by atoms with E-state index in [2.05, 4.69) is 9.47 Å². The fourth-order valence-corrected chi connectivity index (χ4v) is 2.46. The van der Waals surface area contributed by atoms with Gasteiger partial charge in [0.2, 0.25) is 0 Å². The summed E-state index contributed by atoms with van der Waals surface area (Å²) in [5.41, 5.74) is -1.39. The fourth-order valence-electron chi connectivity index (χ4n) is 2.46. The molecule has 0 aromatic heterocycles. The van der Waals surface area contributed by atoms with Crippen molar-refractivity contribution in [3.05, 3.63) is 0 Å². The Labute approximate surface area is 107 Å². The van der Waals surface area contributed by atoms with Crippen molar-refractivity contribution < 1.29 is 23.9 Å². The van der Waals surface area contributed by atoms with Crippen molar-refractivity contribution in [3.8, 4) is 0 Å². The molecule has 0 heterocycles. The van der Waals surface area contributed by atoms with Gasteiger partial charge in [-0.2, -0.15) is 0 Å². The Morgan fingerprint density at radius 1 is 1.22 bits per heavy atom. The van der Waals surface area contributed by atoms with Gasteiger partial charge in [-0.3, -0.25) is 14.4 Å². The highest BCUT2D eigenvalue weighted by Gasteiger charge is 2.46. The maximum Gasteiger partial charge on any atom is 0.322 e. The molecule has 1 aliphatic carbocycles. The number of methoxy groups -OCH3 is 2. The van der Waals surface area contributed by atoms with Crippen LogP contribution < -0.4 is 0 Å². The van der Waals surface area contributed by atoms with E-state index in [4.69, 9.17) is 0 Å². The maximum absolute atomic E-state index is 11.8. The van der Waals surface area contributed by atoms with Gasteiger partial charge in [-0.05, 0) is 26.2 Å². The first-order chi connectivity index (χ1) is 8.45. The van der Waals surface area contributed by atoms with Gasteiger partial charge in [0, 0.05) is 12.3 Å². The molecule has 5 nitrogen and oxygen atoms in total. The van der Waals surface area contributed by atoms with Crippen molar-refractivity contribution in [1.82, 2.24) is 0 Å². The quantitative estimate of drug-likeness (QED) is 0.563. The number of rotatable bonds is 4. The van der Waals surface area contributed by atoms with Gasteiger partial charge in [-0.1, -0.05) is 6.42 Å². The van der Waals surface area contributed by atoms with Crippen molar-refractivity contribution in [3.63, 3.8) is 0 Å². The summed E-state index contributed by atoms with van der Waals surface area (Å²) in [7, 11) is 2.46. The molecular weight excluding hydrogens is 236 g/mol. The van der Waals surface area contributed by atoms with Crippen molar-refractivity contribution in [2.45, 2.75) is 39.0 Å². The van der Waals surface area contributed by atoms with Crippen molar-refractivity contribution in [2.24, 2.45) is 11.3 Å². The largest absolute Gasteiger partial charge is 0.468 e. The normalized spacial score (nSPS) is 20.4. The van der Waals surface area contributed by atoms with E-state index in [1.54, 1.807) is 0 Å². The molecule has 1 unspecified atom stereocenters. The van der Waals surface area contributed by atoms with Crippen molar-refractivity contribution >= 4 is 17.7 Å². The molecule has 0 saturated heterocycles. The Balaban J connectivity index is 2.87. The lowest BCUT2D eigenvalue weighted by Crippen LogP contribution is -2.41. The average molecular weight is 256 g/mol. The minimum Gasteiger partial charge on any atom is -0.468 e. The van der Waals surface area contributed by atoms with Crippen LogP contribution in [0.15, 0.2) is 0 Å². The molecule has 0 amide bonds. The van der Waals surface area contributed by atoms with Crippen LogP contribution in [0, 0.1) is 11.3 Å². The Morgan fingerprint density at radius 2 is 1.78 bits per heavy atom. The molecule has 0 aliphatic heterocycles. The molecule has 1 saturated carbocycles. The van der Waals surface area contributed by atoms with E-state index in [0.717, 1.165) is 19.3 Å². The van der Waals surface area contributed by atoms with E-state index < -0.39 is 17.4 Å². The third-order valence-corrected chi connectivity index (χ3v) is 3.61. The van der Waals surface area contributed by atoms with E-state index in [9.17, 15) is 14.4 Å². The summed E-state index contributed by atoms with van der Waals surface area (Å²) < 4.78 is 9.33. The predicted octanol–water partition coefficient (Wildman–Crippen LogP) is 1.49. The van der Waals surface area contributed by atoms with Crippen molar-refractivity contribution in [1.29, 1.82) is 0 Å². The molecule has 0 spiro atoms. The van der Waals surface area contributed by atoms with Crippen LogP contribution in [-0.2, 0) is 23.9 Å². The zero-order valence-corrected chi connectivity index (χ0v) is 11.2. The van der Waals surface area contributed by atoms with E-state index in [1.165, 1.54) is 21.1 Å². The Hall–Kier alpha value is -1.39. The summed E-state index contributed by atoms with van der Waals surface area (Å²) in [5, 5.41) is 0. The SMILES string of the molecule is COC(=O)C(C)(CC1CCCCC1=O)C(=O)OC. The summed E-state index contributed by atoms with van der Waals surface area (Å²) in [6.45, 7) is 1.48. The highest BCUT2D eigenvalue weighted by Crippen LogP contribution is 2.34. The smallest absolute Gasteiger partial charge is 0.322 e. The second kappa shape index (κ2) is 5.98.